The highest BCUT2D eigenvalue weighted by molar-refractivity contribution is 5.75. The molecule has 0 atom stereocenters. The minimum absolute atomic E-state index is 0.234. The molecule has 0 bridgehead atoms. The molecule has 1 rings (SSSR count). The van der Waals surface area contributed by atoms with Crippen LogP contribution in [0.15, 0.2) is 24.3 Å². The second-order valence-corrected chi connectivity index (χ2v) is 4.76. The van der Waals surface area contributed by atoms with E-state index in [0.29, 0.717) is 6.42 Å². The molecule has 0 fully saturated rings. The molecule has 18 heavy (non-hydrogen) atoms. The summed E-state index contributed by atoms with van der Waals surface area (Å²) >= 11 is 0. The van der Waals surface area contributed by atoms with Gasteiger partial charge >= 0.3 is 0 Å². The molecule has 0 radical (unpaired) electrons. The van der Waals surface area contributed by atoms with Crippen LogP contribution >= 0.6 is 0 Å². The molecule has 1 amide bonds. The van der Waals surface area contributed by atoms with Gasteiger partial charge in [0, 0.05) is 26.6 Å². The van der Waals surface area contributed by atoms with Crippen LogP contribution in [-0.4, -0.2) is 38.0 Å². The van der Waals surface area contributed by atoms with Gasteiger partial charge in [0.05, 0.1) is 0 Å². The predicted octanol–water partition coefficient (Wildman–Crippen LogP) is 2.00. The van der Waals surface area contributed by atoms with Crippen LogP contribution in [0.2, 0.25) is 0 Å². The number of carbonyl (C=O) groups excluding carboxylic acids is 1. The quantitative estimate of drug-likeness (QED) is 0.800. The zero-order valence-electron chi connectivity index (χ0n) is 11.7. The van der Waals surface area contributed by atoms with E-state index in [-0.39, 0.29) is 5.91 Å². The van der Waals surface area contributed by atoms with Crippen LogP contribution in [-0.2, 0) is 11.2 Å². The summed E-state index contributed by atoms with van der Waals surface area (Å²) in [6.07, 6.45) is 2.53. The topological polar surface area (TPSA) is 32.3 Å². The van der Waals surface area contributed by atoms with E-state index in [1.165, 1.54) is 11.1 Å². The van der Waals surface area contributed by atoms with Crippen molar-refractivity contribution < 1.29 is 4.79 Å². The summed E-state index contributed by atoms with van der Waals surface area (Å²) in [5.41, 5.74) is 2.59. The Bertz CT molecular complexity index is 359. The molecule has 100 valence electrons. The minimum atomic E-state index is 0.234. The molecular formula is C15H24N2O. The van der Waals surface area contributed by atoms with Crippen molar-refractivity contribution in [3.05, 3.63) is 35.4 Å². The van der Waals surface area contributed by atoms with Crippen molar-refractivity contribution in [2.45, 2.75) is 26.2 Å². The number of nitrogens with zero attached hydrogens (tertiary/aromatic N) is 1. The largest absolute Gasteiger partial charge is 0.344 e. The van der Waals surface area contributed by atoms with Crippen LogP contribution in [0.3, 0.4) is 0 Å². The van der Waals surface area contributed by atoms with Gasteiger partial charge in [0.1, 0.15) is 0 Å². The van der Waals surface area contributed by atoms with Crippen molar-refractivity contribution in [1.29, 1.82) is 0 Å². The van der Waals surface area contributed by atoms with Crippen molar-refractivity contribution in [1.82, 2.24) is 10.2 Å². The Hall–Kier alpha value is -1.35. The van der Waals surface area contributed by atoms with Crippen LogP contribution in [0.5, 0.6) is 0 Å². The molecule has 0 aliphatic rings. The molecule has 1 aromatic rings. The van der Waals surface area contributed by atoms with E-state index in [0.717, 1.165) is 25.9 Å². The molecule has 0 saturated heterocycles. The third kappa shape index (κ3) is 5.32. The maximum atomic E-state index is 11.8. The summed E-state index contributed by atoms with van der Waals surface area (Å²) in [6, 6.07) is 8.53. The van der Waals surface area contributed by atoms with Gasteiger partial charge in [-0.1, -0.05) is 29.8 Å². The molecule has 0 heterocycles. The van der Waals surface area contributed by atoms with Gasteiger partial charge in [-0.25, -0.2) is 0 Å². The number of aryl methyl sites for hydroxylation is 2. The monoisotopic (exact) mass is 248 g/mol. The normalized spacial score (nSPS) is 10.4. The van der Waals surface area contributed by atoms with Crippen molar-refractivity contribution in [2.75, 3.05) is 27.2 Å². The molecule has 1 N–H and O–H groups in total. The molecule has 0 aromatic heterocycles. The lowest BCUT2D eigenvalue weighted by atomic mass is 10.1. The summed E-state index contributed by atoms with van der Waals surface area (Å²) in [4.78, 5) is 13.6. The number of carbonyl (C=O) groups is 1. The first-order valence-corrected chi connectivity index (χ1v) is 6.57. The number of hydrogen-bond acceptors (Lipinski definition) is 2. The Kier molecular flexibility index (Phi) is 6.44. The third-order valence-electron chi connectivity index (χ3n) is 3.10. The number of likely N-dealkylation sites (N-methyl/N-ethyl adjacent to an activating group) is 2. The molecule has 0 saturated carbocycles. The fourth-order valence-electron chi connectivity index (χ4n) is 1.79. The smallest absolute Gasteiger partial charge is 0.222 e. The Morgan fingerprint density at radius 2 is 1.94 bits per heavy atom. The molecule has 3 heteroatoms. The van der Waals surface area contributed by atoms with Gasteiger partial charge in [0.25, 0.3) is 0 Å². The van der Waals surface area contributed by atoms with E-state index in [1.807, 2.05) is 14.1 Å². The zero-order chi connectivity index (χ0) is 13.4. The Morgan fingerprint density at radius 1 is 1.28 bits per heavy atom. The third-order valence-corrected chi connectivity index (χ3v) is 3.10. The highest BCUT2D eigenvalue weighted by Crippen LogP contribution is 2.07. The van der Waals surface area contributed by atoms with E-state index < -0.39 is 0 Å². The molecule has 0 aliphatic carbocycles. The van der Waals surface area contributed by atoms with Gasteiger partial charge in [-0.2, -0.15) is 0 Å². The molecule has 1 aromatic carbocycles. The average Bonchev–Trinajstić information content (AvgIpc) is 2.38. The van der Waals surface area contributed by atoms with Crippen LogP contribution in [0.25, 0.3) is 0 Å². The van der Waals surface area contributed by atoms with E-state index in [1.54, 1.807) is 4.90 Å². The SMILES string of the molecule is CNCCN(C)C(=O)CCCc1ccc(C)cc1. The van der Waals surface area contributed by atoms with Gasteiger partial charge in [-0.3, -0.25) is 4.79 Å². The second kappa shape index (κ2) is 7.88. The fourth-order valence-corrected chi connectivity index (χ4v) is 1.79. The number of benzene rings is 1. The number of hydrogen-bond donors (Lipinski definition) is 1. The first kappa shape index (κ1) is 14.7. The van der Waals surface area contributed by atoms with Crippen molar-refractivity contribution in [2.24, 2.45) is 0 Å². The molecule has 0 aliphatic heterocycles. The van der Waals surface area contributed by atoms with Gasteiger partial charge < -0.3 is 10.2 Å². The maximum Gasteiger partial charge on any atom is 0.222 e. The lowest BCUT2D eigenvalue weighted by Gasteiger charge is -2.16. The van der Waals surface area contributed by atoms with Crippen molar-refractivity contribution >= 4 is 5.91 Å². The Labute approximate surface area is 110 Å². The van der Waals surface area contributed by atoms with Gasteiger partial charge in [-0.05, 0) is 32.4 Å². The summed E-state index contributed by atoms with van der Waals surface area (Å²) in [6.45, 7) is 3.71. The number of rotatable bonds is 7. The average molecular weight is 248 g/mol. The highest BCUT2D eigenvalue weighted by Gasteiger charge is 2.07. The van der Waals surface area contributed by atoms with E-state index in [9.17, 15) is 4.79 Å². The molecular weight excluding hydrogens is 224 g/mol. The molecule has 0 unspecified atom stereocenters. The minimum Gasteiger partial charge on any atom is -0.344 e. The summed E-state index contributed by atoms with van der Waals surface area (Å²) < 4.78 is 0. The number of nitrogens with one attached hydrogen (secondary N) is 1. The maximum absolute atomic E-state index is 11.8. The lowest BCUT2D eigenvalue weighted by Crippen LogP contribution is -2.32. The van der Waals surface area contributed by atoms with E-state index in [4.69, 9.17) is 0 Å². The summed E-state index contributed by atoms with van der Waals surface area (Å²) in [7, 11) is 3.77. The van der Waals surface area contributed by atoms with Crippen LogP contribution in [0.1, 0.15) is 24.0 Å². The molecule has 3 nitrogen and oxygen atoms in total. The van der Waals surface area contributed by atoms with E-state index in [2.05, 4.69) is 36.5 Å². The van der Waals surface area contributed by atoms with Crippen molar-refractivity contribution in [3.8, 4) is 0 Å². The first-order chi connectivity index (χ1) is 8.63. The molecule has 0 spiro atoms. The van der Waals surface area contributed by atoms with Crippen molar-refractivity contribution in [3.63, 3.8) is 0 Å². The zero-order valence-corrected chi connectivity index (χ0v) is 11.7. The van der Waals surface area contributed by atoms with Gasteiger partial charge in [0.2, 0.25) is 5.91 Å². The van der Waals surface area contributed by atoms with Crippen LogP contribution in [0, 0.1) is 6.92 Å². The number of amides is 1. The van der Waals surface area contributed by atoms with Crippen LogP contribution in [0.4, 0.5) is 0 Å². The second-order valence-electron chi connectivity index (χ2n) is 4.76. The Balaban J connectivity index is 2.24. The van der Waals surface area contributed by atoms with Gasteiger partial charge in [0.15, 0.2) is 0 Å². The Morgan fingerprint density at radius 3 is 2.56 bits per heavy atom. The highest BCUT2D eigenvalue weighted by atomic mass is 16.2. The fraction of sp³-hybridized carbons (Fsp3) is 0.533. The van der Waals surface area contributed by atoms with E-state index >= 15 is 0 Å². The van der Waals surface area contributed by atoms with Crippen LogP contribution < -0.4 is 5.32 Å². The first-order valence-electron chi connectivity index (χ1n) is 6.57. The predicted molar refractivity (Wildman–Crippen MR) is 75.7 cm³/mol. The standard InChI is InChI=1S/C15H24N2O/c1-13-7-9-14(10-8-13)5-4-6-15(18)17(3)12-11-16-2/h7-10,16H,4-6,11-12H2,1-3H3. The lowest BCUT2D eigenvalue weighted by molar-refractivity contribution is -0.129. The summed E-state index contributed by atoms with van der Waals surface area (Å²) in [5, 5.41) is 3.05. The van der Waals surface area contributed by atoms with Gasteiger partial charge in [-0.15, -0.1) is 0 Å². The summed E-state index contributed by atoms with van der Waals surface area (Å²) in [5.74, 6) is 0.234.